The van der Waals surface area contributed by atoms with E-state index in [1.54, 1.807) is 0 Å². The fourth-order valence-electron chi connectivity index (χ4n) is 1.04. The van der Waals surface area contributed by atoms with Crippen LogP contribution in [0.4, 0.5) is 18.0 Å². The topological polar surface area (TPSA) is 67.4 Å². The highest BCUT2D eigenvalue weighted by molar-refractivity contribution is 5.80. The molecule has 8 heteroatoms. The zero-order valence-electron chi connectivity index (χ0n) is 8.97. The van der Waals surface area contributed by atoms with E-state index in [4.69, 9.17) is 0 Å². The summed E-state index contributed by atoms with van der Waals surface area (Å²) < 4.78 is 38.8. The highest BCUT2D eigenvalue weighted by Crippen LogP contribution is 2.28. The number of alkyl carbamates (subject to hydrolysis) is 1. The van der Waals surface area contributed by atoms with Crippen LogP contribution in [0.15, 0.2) is 0 Å². The van der Waals surface area contributed by atoms with Gasteiger partial charge in [0, 0.05) is 19.0 Å². The smallest absolute Gasteiger partial charge is 0.422 e. The number of halogens is 3. The second-order valence-electron chi connectivity index (χ2n) is 3.68. The number of rotatable bonds is 5. The average Bonchev–Trinajstić information content (AvgIpc) is 3.03. The molecule has 1 fully saturated rings. The van der Waals surface area contributed by atoms with Crippen LogP contribution < -0.4 is 10.6 Å². The monoisotopic (exact) mass is 254 g/mol. The van der Waals surface area contributed by atoms with Crippen LogP contribution in [0.3, 0.4) is 0 Å². The van der Waals surface area contributed by atoms with Gasteiger partial charge >= 0.3 is 12.3 Å². The molecule has 0 atom stereocenters. The molecule has 1 aliphatic carbocycles. The Balaban J connectivity index is 1.98. The first-order valence-corrected chi connectivity index (χ1v) is 5.13. The second-order valence-corrected chi connectivity index (χ2v) is 3.68. The number of nitrogens with one attached hydrogen (secondary N) is 2. The van der Waals surface area contributed by atoms with Gasteiger partial charge in [-0.2, -0.15) is 13.2 Å². The van der Waals surface area contributed by atoms with Crippen molar-refractivity contribution in [1.29, 1.82) is 0 Å². The Morgan fingerprint density at radius 2 is 1.76 bits per heavy atom. The minimum absolute atomic E-state index is 0.0369. The number of hydrogen-bond acceptors (Lipinski definition) is 3. The summed E-state index contributed by atoms with van der Waals surface area (Å²) in [7, 11) is 0. The van der Waals surface area contributed by atoms with Crippen LogP contribution in [-0.2, 0) is 9.53 Å². The summed E-state index contributed by atoms with van der Waals surface area (Å²) in [4.78, 5) is 21.8. The maximum Gasteiger partial charge on any atom is 0.422 e. The van der Waals surface area contributed by atoms with Crippen LogP contribution in [0, 0.1) is 5.92 Å². The lowest BCUT2D eigenvalue weighted by molar-refractivity contribution is -0.160. The molecule has 0 unspecified atom stereocenters. The van der Waals surface area contributed by atoms with E-state index in [9.17, 15) is 22.8 Å². The van der Waals surface area contributed by atoms with Crippen LogP contribution >= 0.6 is 0 Å². The summed E-state index contributed by atoms with van der Waals surface area (Å²) >= 11 is 0. The van der Waals surface area contributed by atoms with Gasteiger partial charge in [-0.1, -0.05) is 0 Å². The molecule has 17 heavy (non-hydrogen) atoms. The Morgan fingerprint density at radius 1 is 1.18 bits per heavy atom. The number of ether oxygens (including phenoxy) is 1. The van der Waals surface area contributed by atoms with Gasteiger partial charge in [0.25, 0.3) is 0 Å². The summed E-state index contributed by atoms with van der Waals surface area (Å²) in [6.45, 7) is -1.40. The summed E-state index contributed by atoms with van der Waals surface area (Å²) in [5.41, 5.74) is 0. The van der Waals surface area contributed by atoms with Gasteiger partial charge in [0.1, 0.15) is 0 Å². The molecule has 5 nitrogen and oxygen atoms in total. The lowest BCUT2D eigenvalue weighted by Gasteiger charge is -2.09. The Bertz CT molecular complexity index is 290. The summed E-state index contributed by atoms with van der Waals surface area (Å²) in [6, 6.07) is 0. The molecule has 0 aliphatic heterocycles. The fraction of sp³-hybridized carbons (Fsp3) is 0.778. The minimum Gasteiger partial charge on any atom is -0.440 e. The van der Waals surface area contributed by atoms with Gasteiger partial charge in [-0.15, -0.1) is 0 Å². The van der Waals surface area contributed by atoms with Gasteiger partial charge < -0.3 is 15.4 Å². The summed E-state index contributed by atoms with van der Waals surface area (Å²) in [6.07, 6.45) is -3.94. The molecule has 0 aromatic heterocycles. The molecule has 0 spiro atoms. The van der Waals surface area contributed by atoms with Crippen molar-refractivity contribution in [3.63, 3.8) is 0 Å². The third-order valence-corrected chi connectivity index (χ3v) is 2.01. The third kappa shape index (κ3) is 6.64. The number of alkyl halides is 3. The molecule has 1 rings (SSSR count). The van der Waals surface area contributed by atoms with Crippen LogP contribution in [-0.4, -0.2) is 37.9 Å². The van der Waals surface area contributed by atoms with Crippen molar-refractivity contribution in [3.8, 4) is 0 Å². The maximum absolute atomic E-state index is 11.6. The van der Waals surface area contributed by atoms with Gasteiger partial charge in [-0.25, -0.2) is 4.79 Å². The molecule has 0 radical (unpaired) electrons. The van der Waals surface area contributed by atoms with E-state index < -0.39 is 18.9 Å². The van der Waals surface area contributed by atoms with Crippen LogP contribution in [0.2, 0.25) is 0 Å². The normalized spacial score (nSPS) is 15.2. The molecule has 0 saturated heterocycles. The molecule has 1 saturated carbocycles. The number of carbonyl (C=O) groups is 2. The molecular formula is C9H13F3N2O3. The Morgan fingerprint density at radius 3 is 2.29 bits per heavy atom. The Hall–Kier alpha value is -1.47. The minimum atomic E-state index is -4.53. The zero-order valence-corrected chi connectivity index (χ0v) is 8.97. The molecule has 98 valence electrons. The predicted molar refractivity (Wildman–Crippen MR) is 51.1 cm³/mol. The lowest BCUT2D eigenvalue weighted by Crippen LogP contribution is -2.36. The van der Waals surface area contributed by atoms with Crippen molar-refractivity contribution in [2.24, 2.45) is 5.92 Å². The van der Waals surface area contributed by atoms with Crippen molar-refractivity contribution in [1.82, 2.24) is 10.6 Å². The highest BCUT2D eigenvalue weighted by Gasteiger charge is 2.30. The maximum atomic E-state index is 11.6. The largest absolute Gasteiger partial charge is 0.440 e. The van der Waals surface area contributed by atoms with Gasteiger partial charge in [0.05, 0.1) is 0 Å². The van der Waals surface area contributed by atoms with Crippen molar-refractivity contribution >= 4 is 12.0 Å². The Labute approximate surface area is 95.7 Å². The van der Waals surface area contributed by atoms with Crippen molar-refractivity contribution in [3.05, 3.63) is 0 Å². The molecule has 0 aromatic rings. The van der Waals surface area contributed by atoms with E-state index in [0.29, 0.717) is 0 Å². The number of amides is 2. The predicted octanol–water partition coefficient (Wildman–Crippen LogP) is 0.801. The van der Waals surface area contributed by atoms with Gasteiger partial charge in [0.15, 0.2) is 6.61 Å². The lowest BCUT2D eigenvalue weighted by atomic mass is 10.4. The van der Waals surface area contributed by atoms with E-state index in [-0.39, 0.29) is 24.9 Å². The molecule has 0 heterocycles. The first kappa shape index (κ1) is 13.6. The van der Waals surface area contributed by atoms with Crippen molar-refractivity contribution in [2.75, 3.05) is 19.7 Å². The van der Waals surface area contributed by atoms with Gasteiger partial charge in [-0.3, -0.25) is 4.79 Å². The highest BCUT2D eigenvalue weighted by atomic mass is 19.4. The third-order valence-electron chi connectivity index (χ3n) is 2.01. The molecule has 1 aliphatic rings. The van der Waals surface area contributed by atoms with E-state index in [1.165, 1.54) is 0 Å². The Kier molecular flexibility index (Phi) is 4.59. The van der Waals surface area contributed by atoms with E-state index in [0.717, 1.165) is 12.8 Å². The van der Waals surface area contributed by atoms with Gasteiger partial charge in [0.2, 0.25) is 5.91 Å². The molecular weight excluding hydrogens is 241 g/mol. The zero-order chi connectivity index (χ0) is 12.9. The molecule has 2 N–H and O–H groups in total. The van der Waals surface area contributed by atoms with Crippen LogP contribution in [0.1, 0.15) is 12.8 Å². The quantitative estimate of drug-likeness (QED) is 0.713. The second kappa shape index (κ2) is 5.74. The van der Waals surface area contributed by atoms with Gasteiger partial charge in [-0.05, 0) is 12.8 Å². The van der Waals surface area contributed by atoms with Crippen molar-refractivity contribution in [2.45, 2.75) is 19.0 Å². The molecule has 0 aromatic carbocycles. The van der Waals surface area contributed by atoms with Crippen LogP contribution in [0.5, 0.6) is 0 Å². The SMILES string of the molecule is O=C(NCCNC(=O)C1CC1)OCC(F)(F)F. The fourth-order valence-corrected chi connectivity index (χ4v) is 1.04. The van der Waals surface area contributed by atoms with E-state index in [2.05, 4.69) is 15.4 Å². The number of hydrogen-bond donors (Lipinski definition) is 2. The van der Waals surface area contributed by atoms with Crippen molar-refractivity contribution < 1.29 is 27.5 Å². The van der Waals surface area contributed by atoms with Crippen LogP contribution in [0.25, 0.3) is 0 Å². The standard InChI is InChI=1S/C9H13F3N2O3/c10-9(11,12)5-17-8(16)14-4-3-13-7(15)6-1-2-6/h6H,1-5H2,(H,13,15)(H,14,16). The first-order chi connectivity index (χ1) is 7.88. The average molecular weight is 254 g/mol. The van der Waals surface area contributed by atoms with E-state index >= 15 is 0 Å². The number of carbonyl (C=O) groups excluding carboxylic acids is 2. The first-order valence-electron chi connectivity index (χ1n) is 5.13. The summed E-state index contributed by atoms with van der Waals surface area (Å²) in [5.74, 6) is -0.0253. The van der Waals surface area contributed by atoms with E-state index in [1.807, 2.05) is 0 Å². The molecule has 0 bridgehead atoms. The summed E-state index contributed by atoms with van der Waals surface area (Å²) in [5, 5.41) is 4.63. The molecule has 2 amide bonds.